The minimum Gasteiger partial charge on any atom is -0.350 e. The van der Waals surface area contributed by atoms with E-state index in [1.54, 1.807) is 6.20 Å². The van der Waals surface area contributed by atoms with Crippen LogP contribution in [-0.4, -0.2) is 39.1 Å². The van der Waals surface area contributed by atoms with Crippen LogP contribution in [0.2, 0.25) is 0 Å². The van der Waals surface area contributed by atoms with Crippen LogP contribution in [0.5, 0.6) is 0 Å². The Kier molecular flexibility index (Phi) is 4.42. The summed E-state index contributed by atoms with van der Waals surface area (Å²) in [6.45, 7) is 1.68. The van der Waals surface area contributed by atoms with Gasteiger partial charge in [-0.15, -0.1) is 0 Å². The summed E-state index contributed by atoms with van der Waals surface area (Å²) in [6.07, 6.45) is 2.02. The third-order valence-electron chi connectivity index (χ3n) is 5.54. The van der Waals surface area contributed by atoms with E-state index in [0.29, 0.717) is 22.5 Å². The molecule has 29 heavy (non-hydrogen) atoms. The number of H-pyrrole nitrogens is 1. The molecule has 6 nitrogen and oxygen atoms in total. The number of anilines is 1. The Morgan fingerprint density at radius 2 is 1.97 bits per heavy atom. The number of hydrogen-bond acceptors (Lipinski definition) is 5. The van der Waals surface area contributed by atoms with Gasteiger partial charge in [0.2, 0.25) is 5.95 Å². The summed E-state index contributed by atoms with van der Waals surface area (Å²) in [4.78, 5) is 15.8. The third-order valence-corrected chi connectivity index (χ3v) is 5.54. The van der Waals surface area contributed by atoms with Gasteiger partial charge in [0.25, 0.3) is 0 Å². The molecule has 0 radical (unpaired) electrons. The number of nitrogens with zero attached hydrogens (tertiary/aromatic N) is 3. The standard InChI is InChI=1S/C20H21F3N6/c21-20(22,23)15-10-26-19(27-12-2-1-7-24-8-12)29-17(15)14-9-25-18-13(14)5-6-16(28-18)11-3-4-11/h5-6,9-12,24H,1-4,7-8H2,(H,25,28)(H,26,27,29)/t12-/m0/s1. The monoisotopic (exact) mass is 402 g/mol. The van der Waals surface area contributed by atoms with Crippen LogP contribution in [0.1, 0.15) is 42.9 Å². The van der Waals surface area contributed by atoms with E-state index in [1.807, 2.05) is 12.1 Å². The first kappa shape index (κ1) is 18.4. The number of halogens is 3. The summed E-state index contributed by atoms with van der Waals surface area (Å²) in [5.41, 5.74) is 0.969. The molecule has 152 valence electrons. The second kappa shape index (κ2) is 6.98. The van der Waals surface area contributed by atoms with E-state index in [9.17, 15) is 13.2 Å². The van der Waals surface area contributed by atoms with Crippen molar-refractivity contribution in [2.24, 2.45) is 0 Å². The molecule has 1 aliphatic carbocycles. The molecule has 1 saturated carbocycles. The number of nitrogens with one attached hydrogen (secondary N) is 3. The van der Waals surface area contributed by atoms with Gasteiger partial charge in [-0.1, -0.05) is 0 Å². The molecule has 0 amide bonds. The Balaban J connectivity index is 1.56. The summed E-state index contributed by atoms with van der Waals surface area (Å²) < 4.78 is 41.0. The van der Waals surface area contributed by atoms with Gasteiger partial charge < -0.3 is 15.6 Å². The van der Waals surface area contributed by atoms with E-state index in [1.165, 1.54) is 0 Å². The zero-order chi connectivity index (χ0) is 20.0. The Hall–Kier alpha value is -2.68. The van der Waals surface area contributed by atoms with Gasteiger partial charge in [-0.2, -0.15) is 13.2 Å². The average Bonchev–Trinajstić information content (AvgIpc) is 3.47. The molecule has 1 aliphatic heterocycles. The predicted molar refractivity (Wildman–Crippen MR) is 104 cm³/mol. The van der Waals surface area contributed by atoms with Crippen molar-refractivity contribution in [2.45, 2.75) is 43.8 Å². The molecule has 9 heteroatoms. The number of pyridine rings is 1. The Bertz CT molecular complexity index is 1030. The normalized spacial score (nSPS) is 20.2. The molecule has 0 spiro atoms. The van der Waals surface area contributed by atoms with Crippen LogP contribution in [0.4, 0.5) is 19.1 Å². The topological polar surface area (TPSA) is 78.5 Å². The predicted octanol–water partition coefficient (Wildman–Crippen LogP) is 4.08. The molecular weight excluding hydrogens is 381 g/mol. The average molecular weight is 402 g/mol. The van der Waals surface area contributed by atoms with E-state index in [0.717, 1.165) is 50.7 Å². The fourth-order valence-corrected chi connectivity index (χ4v) is 3.84. The minimum atomic E-state index is -4.55. The highest BCUT2D eigenvalue weighted by Crippen LogP contribution is 2.41. The van der Waals surface area contributed by atoms with Gasteiger partial charge >= 0.3 is 6.18 Å². The summed E-state index contributed by atoms with van der Waals surface area (Å²) in [6, 6.07) is 3.83. The molecule has 0 unspecified atom stereocenters. The first-order valence-corrected chi connectivity index (χ1v) is 9.89. The molecular formula is C20H21F3N6. The highest BCUT2D eigenvalue weighted by Gasteiger charge is 2.36. The molecule has 0 aromatic carbocycles. The lowest BCUT2D eigenvalue weighted by Crippen LogP contribution is -2.38. The number of rotatable bonds is 4. The van der Waals surface area contributed by atoms with Gasteiger partial charge in [-0.05, 0) is 44.4 Å². The molecule has 3 N–H and O–H groups in total. The summed E-state index contributed by atoms with van der Waals surface area (Å²) in [5.74, 6) is 0.675. The minimum absolute atomic E-state index is 0.0964. The van der Waals surface area contributed by atoms with Crippen molar-refractivity contribution in [2.75, 3.05) is 18.4 Å². The van der Waals surface area contributed by atoms with Gasteiger partial charge in [-0.25, -0.2) is 15.0 Å². The Morgan fingerprint density at radius 3 is 2.69 bits per heavy atom. The van der Waals surface area contributed by atoms with Gasteiger partial charge in [0.15, 0.2) is 0 Å². The van der Waals surface area contributed by atoms with E-state index >= 15 is 0 Å². The maximum Gasteiger partial charge on any atom is 0.419 e. The Labute approximate surface area is 165 Å². The van der Waals surface area contributed by atoms with Crippen LogP contribution in [0.15, 0.2) is 24.5 Å². The van der Waals surface area contributed by atoms with Gasteiger partial charge in [0.1, 0.15) is 11.2 Å². The molecule has 3 aromatic heterocycles. The fraction of sp³-hybridized carbons (Fsp3) is 0.450. The van der Waals surface area contributed by atoms with Crippen molar-refractivity contribution >= 4 is 17.0 Å². The van der Waals surface area contributed by atoms with Crippen LogP contribution in [0, 0.1) is 0 Å². The van der Waals surface area contributed by atoms with Crippen molar-refractivity contribution in [3.63, 3.8) is 0 Å². The molecule has 0 bridgehead atoms. The number of aromatic amines is 1. The molecule has 1 saturated heterocycles. The lowest BCUT2D eigenvalue weighted by molar-refractivity contribution is -0.137. The lowest BCUT2D eigenvalue weighted by Gasteiger charge is -2.24. The summed E-state index contributed by atoms with van der Waals surface area (Å²) >= 11 is 0. The quantitative estimate of drug-likeness (QED) is 0.613. The number of piperidine rings is 1. The fourth-order valence-electron chi connectivity index (χ4n) is 3.84. The molecule has 2 fully saturated rings. The van der Waals surface area contributed by atoms with Crippen LogP contribution in [0.3, 0.4) is 0 Å². The van der Waals surface area contributed by atoms with E-state index in [4.69, 9.17) is 0 Å². The molecule has 4 heterocycles. The third kappa shape index (κ3) is 3.66. The van der Waals surface area contributed by atoms with Crippen LogP contribution < -0.4 is 10.6 Å². The van der Waals surface area contributed by atoms with Crippen molar-refractivity contribution in [3.8, 4) is 11.3 Å². The lowest BCUT2D eigenvalue weighted by atomic mass is 10.1. The zero-order valence-corrected chi connectivity index (χ0v) is 15.7. The van der Waals surface area contributed by atoms with Gasteiger partial charge in [0, 0.05) is 47.5 Å². The van der Waals surface area contributed by atoms with Gasteiger partial charge in [0.05, 0.1) is 5.69 Å². The van der Waals surface area contributed by atoms with Crippen LogP contribution in [0.25, 0.3) is 22.3 Å². The number of fused-ring (bicyclic) bond motifs is 1. The smallest absolute Gasteiger partial charge is 0.350 e. The summed E-state index contributed by atoms with van der Waals surface area (Å²) in [5, 5.41) is 7.06. The second-order valence-corrected chi connectivity index (χ2v) is 7.75. The van der Waals surface area contributed by atoms with Crippen LogP contribution in [-0.2, 0) is 6.18 Å². The SMILES string of the molecule is FC(F)(F)c1cnc(N[C@H]2CCCNC2)nc1-c1c[nH]c2nc(C3CC3)ccc12. The summed E-state index contributed by atoms with van der Waals surface area (Å²) in [7, 11) is 0. The van der Waals surface area contributed by atoms with Crippen molar-refractivity contribution in [3.05, 3.63) is 35.8 Å². The highest BCUT2D eigenvalue weighted by molar-refractivity contribution is 5.93. The van der Waals surface area contributed by atoms with E-state index < -0.39 is 11.7 Å². The number of aromatic nitrogens is 4. The molecule has 3 aromatic rings. The first-order chi connectivity index (χ1) is 14.0. The zero-order valence-electron chi connectivity index (χ0n) is 15.7. The largest absolute Gasteiger partial charge is 0.419 e. The van der Waals surface area contributed by atoms with Gasteiger partial charge in [-0.3, -0.25) is 0 Å². The second-order valence-electron chi connectivity index (χ2n) is 7.75. The maximum atomic E-state index is 13.7. The molecule has 2 aliphatic rings. The van der Waals surface area contributed by atoms with E-state index in [-0.39, 0.29) is 17.7 Å². The number of alkyl halides is 3. The van der Waals surface area contributed by atoms with E-state index in [2.05, 4.69) is 30.6 Å². The Morgan fingerprint density at radius 1 is 1.10 bits per heavy atom. The number of hydrogen-bond donors (Lipinski definition) is 3. The molecule has 1 atom stereocenters. The van der Waals surface area contributed by atoms with Crippen molar-refractivity contribution < 1.29 is 13.2 Å². The first-order valence-electron chi connectivity index (χ1n) is 9.89. The highest BCUT2D eigenvalue weighted by atomic mass is 19.4. The van der Waals surface area contributed by atoms with Crippen molar-refractivity contribution in [1.82, 2.24) is 25.3 Å². The van der Waals surface area contributed by atoms with Crippen molar-refractivity contribution in [1.29, 1.82) is 0 Å². The van der Waals surface area contributed by atoms with Crippen LogP contribution >= 0.6 is 0 Å². The molecule has 5 rings (SSSR count). The maximum absolute atomic E-state index is 13.7.